The normalized spacial score (nSPS) is 10.3. The molecule has 0 unspecified atom stereocenters. The van der Waals surface area contributed by atoms with Crippen LogP contribution in [0.4, 0.5) is 5.69 Å². The van der Waals surface area contributed by atoms with Crippen molar-refractivity contribution in [3.63, 3.8) is 0 Å². The average Bonchev–Trinajstić information content (AvgIpc) is 2.74. The molecule has 0 saturated carbocycles. The Balaban J connectivity index is 1.55. The first-order valence-corrected chi connectivity index (χ1v) is 9.90. The summed E-state index contributed by atoms with van der Waals surface area (Å²) >= 11 is 1.66. The summed E-state index contributed by atoms with van der Waals surface area (Å²) in [6, 6.07) is 19.2. The van der Waals surface area contributed by atoms with Gasteiger partial charge in [0.25, 0.3) is 0 Å². The van der Waals surface area contributed by atoms with Gasteiger partial charge in [-0.1, -0.05) is 18.2 Å². The monoisotopic (exact) mass is 394 g/mol. The molecule has 1 heterocycles. The van der Waals surface area contributed by atoms with E-state index < -0.39 is 0 Å². The first-order valence-electron chi connectivity index (χ1n) is 8.92. The van der Waals surface area contributed by atoms with Crippen LogP contribution < -0.4 is 14.8 Å². The lowest BCUT2D eigenvalue weighted by Gasteiger charge is -2.13. The summed E-state index contributed by atoms with van der Waals surface area (Å²) < 4.78 is 11.2. The molecule has 0 aliphatic rings. The number of methoxy groups -OCH3 is 1. The first-order chi connectivity index (χ1) is 13.7. The van der Waals surface area contributed by atoms with Crippen molar-refractivity contribution in [1.82, 2.24) is 4.98 Å². The summed E-state index contributed by atoms with van der Waals surface area (Å²) in [6.45, 7) is 0.393. The number of amides is 1. The fourth-order valence-corrected chi connectivity index (χ4v) is 3.38. The molecule has 2 aromatic carbocycles. The minimum absolute atomic E-state index is 0.0336. The Kier molecular flexibility index (Phi) is 7.32. The molecule has 3 rings (SSSR count). The summed E-state index contributed by atoms with van der Waals surface area (Å²) in [5.41, 5.74) is 1.68. The van der Waals surface area contributed by atoms with Crippen LogP contribution in [0.1, 0.15) is 12.0 Å². The molecule has 0 fully saturated rings. The Morgan fingerprint density at radius 2 is 1.82 bits per heavy atom. The van der Waals surface area contributed by atoms with Gasteiger partial charge in [-0.25, -0.2) is 0 Å². The Morgan fingerprint density at radius 1 is 1.04 bits per heavy atom. The highest BCUT2D eigenvalue weighted by Gasteiger charge is 2.09. The van der Waals surface area contributed by atoms with Gasteiger partial charge in [0.2, 0.25) is 5.91 Å². The number of hydrogen-bond acceptors (Lipinski definition) is 5. The van der Waals surface area contributed by atoms with E-state index in [0.29, 0.717) is 30.2 Å². The smallest absolute Gasteiger partial charge is 0.225 e. The Morgan fingerprint density at radius 3 is 2.57 bits per heavy atom. The number of pyridine rings is 1. The number of benzene rings is 2. The van der Waals surface area contributed by atoms with Gasteiger partial charge in [-0.2, -0.15) is 0 Å². The minimum Gasteiger partial charge on any atom is -0.493 e. The molecule has 0 saturated heterocycles. The number of aromatic nitrogens is 1. The van der Waals surface area contributed by atoms with Crippen LogP contribution in [0.15, 0.2) is 78.0 Å². The van der Waals surface area contributed by atoms with Crippen LogP contribution >= 0.6 is 11.8 Å². The number of nitrogens with one attached hydrogen (secondary N) is 1. The summed E-state index contributed by atoms with van der Waals surface area (Å²) in [5.74, 6) is 1.88. The zero-order valence-corrected chi connectivity index (χ0v) is 16.4. The predicted octanol–water partition coefficient (Wildman–Crippen LogP) is 4.79. The van der Waals surface area contributed by atoms with Crippen LogP contribution in [0.3, 0.4) is 0 Å². The second-order valence-electron chi connectivity index (χ2n) is 5.97. The van der Waals surface area contributed by atoms with Gasteiger partial charge in [-0.3, -0.25) is 9.78 Å². The van der Waals surface area contributed by atoms with Gasteiger partial charge < -0.3 is 14.8 Å². The number of anilines is 1. The maximum Gasteiger partial charge on any atom is 0.225 e. The zero-order chi connectivity index (χ0) is 19.6. The van der Waals surface area contributed by atoms with Crippen LogP contribution in [0, 0.1) is 0 Å². The standard InChI is InChI=1S/C22H22N2O3S/c1-26-20-8-7-18(15-21(20)27-16-17-9-12-23-13-10-17)24-22(25)11-14-28-19-5-3-2-4-6-19/h2-10,12-13,15H,11,14,16H2,1H3,(H,24,25). The second kappa shape index (κ2) is 10.4. The molecule has 0 atom stereocenters. The number of carbonyl (C=O) groups excluding carboxylic acids is 1. The summed E-state index contributed by atoms with van der Waals surface area (Å²) in [4.78, 5) is 17.4. The van der Waals surface area contributed by atoms with E-state index in [4.69, 9.17) is 9.47 Å². The van der Waals surface area contributed by atoms with Gasteiger partial charge in [-0.05, 0) is 42.0 Å². The average molecular weight is 394 g/mol. The molecule has 5 nitrogen and oxygen atoms in total. The third-order valence-electron chi connectivity index (χ3n) is 3.93. The third-order valence-corrected chi connectivity index (χ3v) is 4.95. The van der Waals surface area contributed by atoms with Gasteiger partial charge in [0.1, 0.15) is 6.61 Å². The molecule has 3 aromatic rings. The SMILES string of the molecule is COc1ccc(NC(=O)CCSc2ccccc2)cc1OCc1ccncc1. The predicted molar refractivity (Wildman–Crippen MR) is 112 cm³/mol. The van der Waals surface area contributed by atoms with Crippen LogP contribution in [0.25, 0.3) is 0 Å². The van der Waals surface area contributed by atoms with Gasteiger partial charge in [-0.15, -0.1) is 11.8 Å². The molecular weight excluding hydrogens is 372 g/mol. The van der Waals surface area contributed by atoms with Crippen molar-refractivity contribution in [2.75, 3.05) is 18.2 Å². The van der Waals surface area contributed by atoms with E-state index in [0.717, 1.165) is 16.2 Å². The van der Waals surface area contributed by atoms with Crippen molar-refractivity contribution in [1.29, 1.82) is 0 Å². The van der Waals surface area contributed by atoms with E-state index in [1.807, 2.05) is 42.5 Å². The number of nitrogens with zero attached hydrogens (tertiary/aromatic N) is 1. The van der Waals surface area contributed by atoms with E-state index in [2.05, 4.69) is 10.3 Å². The Hall–Kier alpha value is -2.99. The van der Waals surface area contributed by atoms with Crippen molar-refractivity contribution >= 4 is 23.4 Å². The largest absolute Gasteiger partial charge is 0.493 e. The topological polar surface area (TPSA) is 60.5 Å². The molecule has 28 heavy (non-hydrogen) atoms. The molecule has 6 heteroatoms. The highest BCUT2D eigenvalue weighted by molar-refractivity contribution is 7.99. The van der Waals surface area contributed by atoms with E-state index in [9.17, 15) is 4.79 Å². The highest BCUT2D eigenvalue weighted by Crippen LogP contribution is 2.31. The van der Waals surface area contributed by atoms with Crippen LogP contribution in [-0.4, -0.2) is 23.8 Å². The van der Waals surface area contributed by atoms with Gasteiger partial charge in [0, 0.05) is 41.2 Å². The quantitative estimate of drug-likeness (QED) is 0.529. The lowest BCUT2D eigenvalue weighted by molar-refractivity contribution is -0.115. The van der Waals surface area contributed by atoms with E-state index in [-0.39, 0.29) is 5.91 Å². The number of hydrogen-bond donors (Lipinski definition) is 1. The number of carbonyl (C=O) groups is 1. The molecular formula is C22H22N2O3S. The zero-order valence-electron chi connectivity index (χ0n) is 15.6. The van der Waals surface area contributed by atoms with Gasteiger partial charge >= 0.3 is 0 Å². The lowest BCUT2D eigenvalue weighted by atomic mass is 10.2. The molecule has 0 radical (unpaired) electrons. The van der Waals surface area contributed by atoms with Crippen LogP contribution in [0.2, 0.25) is 0 Å². The number of ether oxygens (including phenoxy) is 2. The van der Waals surface area contributed by atoms with E-state index >= 15 is 0 Å². The Bertz CT molecular complexity index is 889. The number of rotatable bonds is 9. The van der Waals surface area contributed by atoms with Gasteiger partial charge in [0.05, 0.1) is 7.11 Å². The summed E-state index contributed by atoms with van der Waals surface area (Å²) in [5, 5.41) is 2.92. The molecule has 0 aliphatic carbocycles. The molecule has 0 aliphatic heterocycles. The molecule has 1 N–H and O–H groups in total. The van der Waals surface area contributed by atoms with Crippen LogP contribution in [0.5, 0.6) is 11.5 Å². The van der Waals surface area contributed by atoms with Crippen molar-refractivity contribution in [3.05, 3.63) is 78.6 Å². The molecule has 1 aromatic heterocycles. The highest BCUT2D eigenvalue weighted by atomic mass is 32.2. The minimum atomic E-state index is -0.0336. The maximum atomic E-state index is 12.2. The second-order valence-corrected chi connectivity index (χ2v) is 7.14. The van der Waals surface area contributed by atoms with Crippen molar-refractivity contribution in [2.45, 2.75) is 17.9 Å². The maximum absolute atomic E-state index is 12.2. The van der Waals surface area contributed by atoms with Gasteiger partial charge in [0.15, 0.2) is 11.5 Å². The molecule has 1 amide bonds. The summed E-state index contributed by atoms with van der Waals surface area (Å²) in [6.07, 6.45) is 3.87. The van der Waals surface area contributed by atoms with Crippen molar-refractivity contribution in [3.8, 4) is 11.5 Å². The fourth-order valence-electron chi connectivity index (χ4n) is 2.51. The molecule has 144 valence electrons. The molecule has 0 spiro atoms. The number of thioether (sulfide) groups is 1. The van der Waals surface area contributed by atoms with Crippen molar-refractivity contribution < 1.29 is 14.3 Å². The Labute approximate surface area is 169 Å². The van der Waals surface area contributed by atoms with E-state index in [1.54, 1.807) is 49.5 Å². The fraction of sp³-hybridized carbons (Fsp3) is 0.182. The molecule has 0 bridgehead atoms. The van der Waals surface area contributed by atoms with E-state index in [1.165, 1.54) is 0 Å². The van der Waals surface area contributed by atoms with Crippen LogP contribution in [-0.2, 0) is 11.4 Å². The van der Waals surface area contributed by atoms with Crippen molar-refractivity contribution in [2.24, 2.45) is 0 Å². The third kappa shape index (κ3) is 6.03. The first kappa shape index (κ1) is 19.8. The lowest BCUT2D eigenvalue weighted by Crippen LogP contribution is -2.12. The summed E-state index contributed by atoms with van der Waals surface area (Å²) in [7, 11) is 1.59.